The van der Waals surface area contributed by atoms with Crippen LogP contribution < -0.4 is 5.32 Å². The Bertz CT molecular complexity index is 511. The standard InChI is InChI=1S/C14H15F3N2O2/c1-13(10-18,7-8-14(15,16)17)19-12(20)21-9-11-5-3-2-4-6-11/h2-6H,7-9H2,1H3,(H,19,20). The fourth-order valence-corrected chi connectivity index (χ4v) is 1.52. The second-order valence-electron chi connectivity index (χ2n) is 4.75. The molecule has 1 amide bonds. The average Bonchev–Trinajstić information content (AvgIpc) is 2.43. The van der Waals surface area contributed by atoms with Crippen LogP contribution in [-0.2, 0) is 11.3 Å². The maximum absolute atomic E-state index is 12.2. The largest absolute Gasteiger partial charge is 0.445 e. The molecule has 0 radical (unpaired) electrons. The van der Waals surface area contributed by atoms with E-state index < -0.39 is 30.7 Å². The second-order valence-corrected chi connectivity index (χ2v) is 4.75. The number of ether oxygens (including phenoxy) is 1. The van der Waals surface area contributed by atoms with Crippen molar-refractivity contribution in [3.05, 3.63) is 35.9 Å². The number of nitriles is 1. The summed E-state index contributed by atoms with van der Waals surface area (Å²) in [6, 6.07) is 10.5. The molecule has 1 aromatic rings. The van der Waals surface area contributed by atoms with Gasteiger partial charge in [-0.15, -0.1) is 0 Å². The zero-order valence-corrected chi connectivity index (χ0v) is 11.4. The van der Waals surface area contributed by atoms with Crippen LogP contribution in [0.5, 0.6) is 0 Å². The molecule has 1 N–H and O–H groups in total. The number of benzene rings is 1. The third-order valence-corrected chi connectivity index (χ3v) is 2.75. The third kappa shape index (κ3) is 6.65. The van der Waals surface area contributed by atoms with Crippen molar-refractivity contribution in [2.24, 2.45) is 0 Å². The van der Waals surface area contributed by atoms with E-state index >= 15 is 0 Å². The molecular formula is C14H15F3N2O2. The highest BCUT2D eigenvalue weighted by Gasteiger charge is 2.34. The van der Waals surface area contributed by atoms with Crippen LogP contribution in [0.3, 0.4) is 0 Å². The Hall–Kier alpha value is -2.23. The Balaban J connectivity index is 2.49. The lowest BCUT2D eigenvalue weighted by molar-refractivity contribution is -0.137. The van der Waals surface area contributed by atoms with Gasteiger partial charge in [0, 0.05) is 6.42 Å². The van der Waals surface area contributed by atoms with Crippen LogP contribution in [0.15, 0.2) is 30.3 Å². The quantitative estimate of drug-likeness (QED) is 0.904. The number of alkyl carbamates (subject to hydrolysis) is 1. The minimum absolute atomic E-state index is 0.0204. The topological polar surface area (TPSA) is 62.1 Å². The lowest BCUT2D eigenvalue weighted by Crippen LogP contribution is -2.45. The van der Waals surface area contributed by atoms with E-state index in [1.54, 1.807) is 36.4 Å². The van der Waals surface area contributed by atoms with Gasteiger partial charge in [-0.05, 0) is 18.9 Å². The number of hydrogen-bond donors (Lipinski definition) is 1. The van der Waals surface area contributed by atoms with Crippen LogP contribution in [0.1, 0.15) is 25.3 Å². The van der Waals surface area contributed by atoms with E-state index in [0.29, 0.717) is 0 Å². The predicted molar refractivity (Wildman–Crippen MR) is 69.1 cm³/mol. The molecule has 0 aliphatic carbocycles. The van der Waals surface area contributed by atoms with Gasteiger partial charge < -0.3 is 10.1 Å². The van der Waals surface area contributed by atoms with Crippen LogP contribution in [0.25, 0.3) is 0 Å². The van der Waals surface area contributed by atoms with E-state index in [2.05, 4.69) is 5.32 Å². The molecule has 0 saturated carbocycles. The van der Waals surface area contributed by atoms with Gasteiger partial charge in [0.2, 0.25) is 0 Å². The van der Waals surface area contributed by atoms with Crippen molar-refractivity contribution in [3.8, 4) is 6.07 Å². The van der Waals surface area contributed by atoms with Gasteiger partial charge in [0.05, 0.1) is 6.07 Å². The Kier molecular flexibility index (Phi) is 5.59. The minimum atomic E-state index is -4.38. The second kappa shape index (κ2) is 6.97. The van der Waals surface area contributed by atoms with Gasteiger partial charge in [0.15, 0.2) is 0 Å². The first-order chi connectivity index (χ1) is 9.74. The molecule has 1 rings (SSSR count). The number of halogens is 3. The van der Waals surface area contributed by atoms with Gasteiger partial charge in [-0.3, -0.25) is 0 Å². The summed E-state index contributed by atoms with van der Waals surface area (Å²) in [6.45, 7) is 1.20. The maximum Gasteiger partial charge on any atom is 0.408 e. The van der Waals surface area contributed by atoms with Crippen molar-refractivity contribution >= 4 is 6.09 Å². The van der Waals surface area contributed by atoms with Crippen LogP contribution in [0, 0.1) is 11.3 Å². The number of hydrogen-bond acceptors (Lipinski definition) is 3. The molecule has 0 bridgehead atoms. The lowest BCUT2D eigenvalue weighted by atomic mass is 9.98. The molecule has 0 aromatic heterocycles. The number of alkyl halides is 3. The first-order valence-corrected chi connectivity index (χ1v) is 6.21. The molecule has 7 heteroatoms. The van der Waals surface area contributed by atoms with Crippen LogP contribution >= 0.6 is 0 Å². The molecular weight excluding hydrogens is 285 g/mol. The van der Waals surface area contributed by atoms with E-state index in [-0.39, 0.29) is 6.61 Å². The fraction of sp³-hybridized carbons (Fsp3) is 0.429. The molecule has 1 atom stereocenters. The summed E-state index contributed by atoms with van der Waals surface area (Å²) in [5.74, 6) is 0. The summed E-state index contributed by atoms with van der Waals surface area (Å²) in [4.78, 5) is 11.5. The molecule has 1 aromatic carbocycles. The number of amides is 1. The highest BCUT2D eigenvalue weighted by atomic mass is 19.4. The summed E-state index contributed by atoms with van der Waals surface area (Å²) in [7, 11) is 0. The van der Waals surface area contributed by atoms with Crippen LogP contribution in [0.2, 0.25) is 0 Å². The average molecular weight is 300 g/mol. The van der Waals surface area contributed by atoms with Crippen molar-refractivity contribution in [1.82, 2.24) is 5.32 Å². The predicted octanol–water partition coefficient (Wildman–Crippen LogP) is 3.54. The third-order valence-electron chi connectivity index (χ3n) is 2.75. The minimum Gasteiger partial charge on any atom is -0.445 e. The summed E-state index contributed by atoms with van der Waals surface area (Å²) >= 11 is 0. The Morgan fingerprint density at radius 3 is 2.43 bits per heavy atom. The normalized spacial score (nSPS) is 13.9. The van der Waals surface area contributed by atoms with Gasteiger partial charge in [0.25, 0.3) is 0 Å². The van der Waals surface area contributed by atoms with Gasteiger partial charge in [0.1, 0.15) is 12.1 Å². The van der Waals surface area contributed by atoms with E-state index in [0.717, 1.165) is 5.56 Å². The molecule has 0 aliphatic rings. The Morgan fingerprint density at radius 1 is 1.29 bits per heavy atom. The highest BCUT2D eigenvalue weighted by molar-refractivity contribution is 5.68. The van der Waals surface area contributed by atoms with E-state index in [9.17, 15) is 18.0 Å². The summed E-state index contributed by atoms with van der Waals surface area (Å²) in [5, 5.41) is 11.1. The molecule has 0 fully saturated rings. The van der Waals surface area contributed by atoms with E-state index in [1.165, 1.54) is 6.92 Å². The fourth-order valence-electron chi connectivity index (χ4n) is 1.52. The zero-order valence-electron chi connectivity index (χ0n) is 11.4. The number of carbonyl (C=O) groups is 1. The monoisotopic (exact) mass is 300 g/mol. The summed E-state index contributed by atoms with van der Waals surface area (Å²) in [5.41, 5.74) is -0.884. The van der Waals surface area contributed by atoms with Crippen LogP contribution in [0.4, 0.5) is 18.0 Å². The Labute approximate surface area is 120 Å². The van der Waals surface area contributed by atoms with Gasteiger partial charge in [-0.1, -0.05) is 30.3 Å². The van der Waals surface area contributed by atoms with Crippen molar-refractivity contribution < 1.29 is 22.7 Å². The van der Waals surface area contributed by atoms with Gasteiger partial charge >= 0.3 is 12.3 Å². The number of rotatable bonds is 5. The van der Waals surface area contributed by atoms with Crippen molar-refractivity contribution in [2.75, 3.05) is 0 Å². The molecule has 0 heterocycles. The lowest BCUT2D eigenvalue weighted by Gasteiger charge is -2.23. The summed E-state index contributed by atoms with van der Waals surface area (Å²) < 4.78 is 41.4. The highest BCUT2D eigenvalue weighted by Crippen LogP contribution is 2.25. The zero-order chi connectivity index (χ0) is 15.9. The molecule has 1 unspecified atom stereocenters. The Morgan fingerprint density at radius 2 is 1.90 bits per heavy atom. The van der Waals surface area contributed by atoms with Crippen molar-refractivity contribution in [2.45, 2.75) is 38.1 Å². The molecule has 0 saturated heterocycles. The van der Waals surface area contributed by atoms with E-state index in [1.807, 2.05) is 0 Å². The van der Waals surface area contributed by atoms with Gasteiger partial charge in [-0.2, -0.15) is 18.4 Å². The molecule has 114 valence electrons. The molecule has 0 aliphatic heterocycles. The van der Waals surface area contributed by atoms with Crippen molar-refractivity contribution in [1.29, 1.82) is 5.26 Å². The first kappa shape index (κ1) is 16.8. The van der Waals surface area contributed by atoms with Crippen LogP contribution in [-0.4, -0.2) is 17.8 Å². The van der Waals surface area contributed by atoms with Crippen molar-refractivity contribution in [3.63, 3.8) is 0 Å². The van der Waals surface area contributed by atoms with Gasteiger partial charge in [-0.25, -0.2) is 4.79 Å². The number of carbonyl (C=O) groups excluding carboxylic acids is 1. The molecule has 21 heavy (non-hydrogen) atoms. The molecule has 4 nitrogen and oxygen atoms in total. The maximum atomic E-state index is 12.2. The SMILES string of the molecule is CC(C#N)(CCC(F)(F)F)NC(=O)OCc1ccccc1. The van der Waals surface area contributed by atoms with E-state index in [4.69, 9.17) is 10.00 Å². The molecule has 0 spiro atoms. The smallest absolute Gasteiger partial charge is 0.408 e. The number of nitrogens with one attached hydrogen (secondary N) is 1. The summed E-state index contributed by atoms with van der Waals surface area (Å²) in [6.07, 6.45) is -7.00. The number of nitrogens with zero attached hydrogens (tertiary/aromatic N) is 1. The first-order valence-electron chi connectivity index (χ1n) is 6.21.